The number of sulfone groups is 1. The van der Waals surface area contributed by atoms with Crippen molar-refractivity contribution in [3.05, 3.63) is 93.7 Å². The number of hydrogen-bond acceptors (Lipinski definition) is 7. The lowest BCUT2D eigenvalue weighted by Gasteiger charge is -2.38. The lowest BCUT2D eigenvalue weighted by Crippen LogP contribution is -2.52. The molecule has 1 unspecified atom stereocenters. The molecule has 0 saturated carbocycles. The Labute approximate surface area is 263 Å². The van der Waals surface area contributed by atoms with E-state index in [9.17, 15) is 23.1 Å². The number of ether oxygens (including phenoxy) is 1. The number of hydrogen-bond donors (Lipinski definition) is 2. The van der Waals surface area contributed by atoms with Crippen molar-refractivity contribution < 1.29 is 27.9 Å². The first-order chi connectivity index (χ1) is 19.9. The van der Waals surface area contributed by atoms with Gasteiger partial charge >= 0.3 is 5.97 Å². The van der Waals surface area contributed by atoms with Crippen LogP contribution in [0.2, 0.25) is 5.02 Å². The molecule has 1 amide bonds. The van der Waals surface area contributed by atoms with Crippen LogP contribution in [-0.4, -0.2) is 61.8 Å². The summed E-state index contributed by atoms with van der Waals surface area (Å²) in [5, 5.41) is 14.7. The van der Waals surface area contributed by atoms with E-state index in [1.807, 2.05) is 36.1 Å². The largest absolute Gasteiger partial charge is 0.507 e. The van der Waals surface area contributed by atoms with E-state index in [-0.39, 0.29) is 47.6 Å². The molecule has 228 valence electrons. The number of carbonyl (C=O) groups is 2. The third-order valence-corrected chi connectivity index (χ3v) is 9.25. The molecule has 2 aliphatic rings. The second-order valence-electron chi connectivity index (χ2n) is 11.1. The molecular formula is C32H34Cl2N2O6S. The Morgan fingerprint density at radius 3 is 2.51 bits per heavy atom. The van der Waals surface area contributed by atoms with Crippen molar-refractivity contribution in [2.24, 2.45) is 0 Å². The molecule has 0 bridgehead atoms. The summed E-state index contributed by atoms with van der Waals surface area (Å²) in [6.07, 6.45) is 2.20. The van der Waals surface area contributed by atoms with Crippen LogP contribution in [0.3, 0.4) is 0 Å². The molecule has 1 atom stereocenters. The topological polar surface area (TPSA) is 113 Å². The molecular weight excluding hydrogens is 611 g/mol. The van der Waals surface area contributed by atoms with Gasteiger partial charge in [0.1, 0.15) is 5.57 Å². The molecule has 43 heavy (non-hydrogen) atoms. The number of aliphatic hydroxyl groups excluding tert-OH is 1. The minimum absolute atomic E-state index is 0. The monoisotopic (exact) mass is 644 g/mol. The molecule has 3 aromatic carbocycles. The summed E-state index contributed by atoms with van der Waals surface area (Å²) >= 11 is 6.66. The molecule has 2 heterocycles. The molecule has 1 spiro atoms. The van der Waals surface area contributed by atoms with Crippen LogP contribution in [-0.2, 0) is 30.7 Å². The number of nitrogens with one attached hydrogen (secondary N) is 1. The number of benzene rings is 3. The maximum atomic E-state index is 13.2. The normalized spacial score (nSPS) is 18.8. The Kier molecular flexibility index (Phi) is 9.61. The van der Waals surface area contributed by atoms with Crippen LogP contribution < -0.4 is 5.32 Å². The highest BCUT2D eigenvalue weighted by Gasteiger charge is 2.51. The summed E-state index contributed by atoms with van der Waals surface area (Å²) in [6.45, 7) is 5.14. The third-order valence-electron chi connectivity index (χ3n) is 7.83. The van der Waals surface area contributed by atoms with Crippen molar-refractivity contribution in [2.45, 2.75) is 43.7 Å². The van der Waals surface area contributed by atoms with Gasteiger partial charge in [0.2, 0.25) is 5.91 Å². The van der Waals surface area contributed by atoms with Gasteiger partial charge in [-0.05, 0) is 79.8 Å². The highest BCUT2D eigenvalue weighted by molar-refractivity contribution is 7.90. The number of esters is 1. The summed E-state index contributed by atoms with van der Waals surface area (Å²) in [6, 6.07) is 17.8. The summed E-state index contributed by atoms with van der Waals surface area (Å²) in [5.41, 5.74) is 3.28. The molecule has 0 radical (unpaired) electrons. The molecule has 8 nitrogen and oxygen atoms in total. The van der Waals surface area contributed by atoms with E-state index < -0.39 is 21.4 Å². The highest BCUT2D eigenvalue weighted by Crippen LogP contribution is 2.44. The maximum absolute atomic E-state index is 13.2. The minimum Gasteiger partial charge on any atom is -0.507 e. The van der Waals surface area contributed by atoms with Crippen molar-refractivity contribution in [2.75, 3.05) is 25.9 Å². The molecule has 5 rings (SSSR count). The van der Waals surface area contributed by atoms with Crippen LogP contribution >= 0.6 is 24.0 Å². The van der Waals surface area contributed by atoms with Gasteiger partial charge in [0.05, 0.1) is 11.4 Å². The Morgan fingerprint density at radius 2 is 1.81 bits per heavy atom. The Balaban J connectivity index is 0.00000423. The predicted octanol–water partition coefficient (Wildman–Crippen LogP) is 5.43. The molecule has 11 heteroatoms. The quantitative estimate of drug-likeness (QED) is 0.330. The van der Waals surface area contributed by atoms with Crippen LogP contribution in [0, 0.1) is 13.8 Å². The number of piperidine rings is 1. The highest BCUT2D eigenvalue weighted by atomic mass is 35.5. The van der Waals surface area contributed by atoms with Crippen molar-refractivity contribution >= 4 is 51.3 Å². The van der Waals surface area contributed by atoms with E-state index in [2.05, 4.69) is 5.32 Å². The van der Waals surface area contributed by atoms with E-state index >= 15 is 0 Å². The average Bonchev–Trinajstić information content (AvgIpc) is 3.17. The van der Waals surface area contributed by atoms with E-state index in [1.165, 1.54) is 6.07 Å². The second-order valence-corrected chi connectivity index (χ2v) is 13.6. The van der Waals surface area contributed by atoms with Gasteiger partial charge in [0, 0.05) is 29.9 Å². The zero-order valence-corrected chi connectivity index (χ0v) is 26.5. The zero-order valence-electron chi connectivity index (χ0n) is 24.1. The van der Waals surface area contributed by atoms with E-state index in [4.69, 9.17) is 16.3 Å². The predicted molar refractivity (Wildman–Crippen MR) is 169 cm³/mol. The Bertz CT molecular complexity index is 1710. The van der Waals surface area contributed by atoms with Gasteiger partial charge in [-0.3, -0.25) is 9.69 Å². The van der Waals surface area contributed by atoms with Gasteiger partial charge in [-0.25, -0.2) is 13.2 Å². The first-order valence-corrected chi connectivity index (χ1v) is 16.0. The van der Waals surface area contributed by atoms with Gasteiger partial charge in [0.25, 0.3) is 0 Å². The SMILES string of the molecule is Cc1ccc(CNC(=O)CN2CCCC3(C2)OC(=O)C(c2cc(Cl)c(-c4cccc(S(C)(=O)=O)c4)cc2C)=C3O)cc1.Cl. The first kappa shape index (κ1) is 32.5. The molecule has 2 aliphatic heterocycles. The van der Waals surface area contributed by atoms with Crippen LogP contribution in [0.4, 0.5) is 0 Å². The van der Waals surface area contributed by atoms with Crippen LogP contribution in [0.1, 0.15) is 35.1 Å². The van der Waals surface area contributed by atoms with E-state index in [0.29, 0.717) is 53.2 Å². The van der Waals surface area contributed by atoms with Gasteiger partial charge in [-0.15, -0.1) is 12.4 Å². The van der Waals surface area contributed by atoms with Gasteiger partial charge in [-0.1, -0.05) is 53.6 Å². The fourth-order valence-electron chi connectivity index (χ4n) is 5.59. The Hall–Kier alpha value is -3.37. The fraction of sp³-hybridized carbons (Fsp3) is 0.312. The smallest absolute Gasteiger partial charge is 0.343 e. The molecule has 1 saturated heterocycles. The molecule has 1 fully saturated rings. The maximum Gasteiger partial charge on any atom is 0.343 e. The minimum atomic E-state index is -3.41. The molecule has 0 aromatic heterocycles. The average molecular weight is 646 g/mol. The lowest BCUT2D eigenvalue weighted by molar-refractivity contribution is -0.152. The van der Waals surface area contributed by atoms with Crippen LogP contribution in [0.15, 0.2) is 71.3 Å². The van der Waals surface area contributed by atoms with Crippen molar-refractivity contribution in [1.82, 2.24) is 10.2 Å². The van der Waals surface area contributed by atoms with E-state index in [0.717, 1.165) is 17.4 Å². The lowest BCUT2D eigenvalue weighted by atomic mass is 9.87. The van der Waals surface area contributed by atoms with Crippen molar-refractivity contribution in [1.29, 1.82) is 0 Å². The summed E-state index contributed by atoms with van der Waals surface area (Å²) in [7, 11) is -3.41. The second kappa shape index (κ2) is 12.7. The number of aryl methyl sites for hydroxylation is 2. The van der Waals surface area contributed by atoms with Gasteiger partial charge in [-0.2, -0.15) is 0 Å². The van der Waals surface area contributed by atoms with Gasteiger partial charge < -0.3 is 15.2 Å². The van der Waals surface area contributed by atoms with Gasteiger partial charge in [0.15, 0.2) is 21.2 Å². The number of likely N-dealkylation sites (tertiary alicyclic amines) is 1. The van der Waals surface area contributed by atoms with Crippen molar-refractivity contribution in [3.8, 4) is 11.1 Å². The first-order valence-electron chi connectivity index (χ1n) is 13.7. The van der Waals surface area contributed by atoms with Crippen LogP contribution in [0.25, 0.3) is 16.7 Å². The molecule has 0 aliphatic carbocycles. The summed E-state index contributed by atoms with van der Waals surface area (Å²) in [4.78, 5) is 28.0. The third kappa shape index (κ3) is 6.91. The number of aliphatic hydroxyl groups is 1. The standard InChI is InChI=1S/C32H33ClN2O6S.ClH/c1-20-8-10-22(11-9-20)17-34-28(36)18-35-13-5-12-32(19-35)30(37)29(31(38)41-32)25-16-27(33)26(14-21(25)2)23-6-4-7-24(15-23)42(3,39)40;/h4,6-11,14-16,37H,5,12-13,17-19H2,1-3H3,(H,34,36);1H. The van der Waals surface area contributed by atoms with E-state index in [1.54, 1.807) is 37.3 Å². The summed E-state index contributed by atoms with van der Waals surface area (Å²) in [5.74, 6) is -0.966. The van der Waals surface area contributed by atoms with Crippen LogP contribution in [0.5, 0.6) is 0 Å². The molecule has 3 aromatic rings. The number of halogens is 2. The Morgan fingerprint density at radius 1 is 1.09 bits per heavy atom. The fourth-order valence-corrected chi connectivity index (χ4v) is 6.53. The number of amides is 1. The summed E-state index contributed by atoms with van der Waals surface area (Å²) < 4.78 is 30.0. The number of carbonyl (C=O) groups excluding carboxylic acids is 2. The molecule has 2 N–H and O–H groups in total. The number of rotatable bonds is 7. The number of nitrogens with zero attached hydrogens (tertiary/aromatic N) is 1. The zero-order chi connectivity index (χ0) is 30.2. The van der Waals surface area contributed by atoms with Crippen molar-refractivity contribution in [3.63, 3.8) is 0 Å².